The number of non-ortho nitro benzene ring substituents is 1. The second kappa shape index (κ2) is 11.1. The Morgan fingerprint density at radius 3 is 2.43 bits per heavy atom. The number of unbranched alkanes of at least 4 members (excludes halogenated alkanes) is 4. The molecule has 35 heavy (non-hydrogen) atoms. The average molecular weight is 492 g/mol. The maximum Gasteiger partial charge on any atom is 0.300 e. The first-order chi connectivity index (χ1) is 16.8. The first-order valence-electron chi connectivity index (χ1n) is 11.5. The number of aliphatic hydroxyl groups excluding tert-OH is 4. The fourth-order valence-electron chi connectivity index (χ4n) is 4.21. The van der Waals surface area contributed by atoms with Crippen molar-refractivity contribution in [3.8, 4) is 0 Å². The van der Waals surface area contributed by atoms with E-state index in [4.69, 9.17) is 9.37 Å². The van der Waals surface area contributed by atoms with Gasteiger partial charge in [-0.2, -0.15) is 0 Å². The van der Waals surface area contributed by atoms with E-state index < -0.39 is 35.6 Å². The molecule has 4 N–H and O–H groups in total. The van der Waals surface area contributed by atoms with Gasteiger partial charge in [-0.1, -0.05) is 24.5 Å². The highest BCUT2D eigenvalue weighted by atomic mass is 16.6. The molecule has 1 saturated heterocycles. The summed E-state index contributed by atoms with van der Waals surface area (Å²) in [5.74, 6) is 0. The number of fused-ring (bicyclic) bond motifs is 1. The molecule has 190 valence electrons. The van der Waals surface area contributed by atoms with Crippen LogP contribution < -0.4 is 0 Å². The first-order valence-corrected chi connectivity index (χ1v) is 11.5. The van der Waals surface area contributed by atoms with Crippen LogP contribution in [-0.4, -0.2) is 81.4 Å². The first kappa shape index (κ1) is 25.1. The van der Waals surface area contributed by atoms with Crippen LogP contribution in [0, 0.1) is 10.1 Å². The number of aliphatic hydroxyl groups is 4. The van der Waals surface area contributed by atoms with Gasteiger partial charge in [0.2, 0.25) is 5.52 Å². The van der Waals surface area contributed by atoms with Crippen LogP contribution in [0.4, 0.5) is 5.69 Å². The summed E-state index contributed by atoms with van der Waals surface area (Å²) < 4.78 is 11.3. The van der Waals surface area contributed by atoms with Crippen molar-refractivity contribution in [1.82, 2.24) is 25.3 Å². The maximum absolute atomic E-state index is 11.1. The lowest BCUT2D eigenvalue weighted by Crippen LogP contribution is -2.58. The van der Waals surface area contributed by atoms with Gasteiger partial charge in [-0.3, -0.25) is 10.1 Å². The van der Waals surface area contributed by atoms with Crippen LogP contribution in [0.25, 0.3) is 11.0 Å². The molecule has 1 unspecified atom stereocenters. The Kier molecular flexibility index (Phi) is 7.97. The molecule has 14 heteroatoms. The Bertz CT molecular complexity index is 1140. The highest BCUT2D eigenvalue weighted by Gasteiger charge is 2.43. The summed E-state index contributed by atoms with van der Waals surface area (Å²) in [5.41, 5.74) is 2.16. The quantitative estimate of drug-likeness (QED) is 0.162. The van der Waals surface area contributed by atoms with Gasteiger partial charge in [-0.05, 0) is 47.6 Å². The van der Waals surface area contributed by atoms with Gasteiger partial charge >= 0.3 is 5.69 Å². The van der Waals surface area contributed by atoms with Crippen LogP contribution in [0.2, 0.25) is 0 Å². The number of aromatic nitrogens is 5. The SMILES string of the molecule is O=[N+]([O-])c1ccc(CCCCCCCc2cn(C[C@H]3OC(O)[C@H](O)[C@@H](O)[C@@H]3O)nn2)c2nonc12. The van der Waals surface area contributed by atoms with Crippen molar-refractivity contribution in [1.29, 1.82) is 0 Å². The van der Waals surface area contributed by atoms with Gasteiger partial charge in [0, 0.05) is 12.3 Å². The molecule has 3 heterocycles. The lowest BCUT2D eigenvalue weighted by molar-refractivity contribution is -0.383. The Hall–Kier alpha value is -3.04. The van der Waals surface area contributed by atoms with E-state index in [1.807, 2.05) is 0 Å². The molecular weight excluding hydrogens is 464 g/mol. The highest BCUT2D eigenvalue weighted by Crippen LogP contribution is 2.26. The molecular formula is C21H28N6O8. The van der Waals surface area contributed by atoms with Crippen LogP contribution in [0.5, 0.6) is 0 Å². The van der Waals surface area contributed by atoms with Crippen molar-refractivity contribution in [2.45, 2.75) is 82.2 Å². The van der Waals surface area contributed by atoms with Crippen molar-refractivity contribution in [3.63, 3.8) is 0 Å². The third kappa shape index (κ3) is 5.79. The van der Waals surface area contributed by atoms with Crippen molar-refractivity contribution in [2.24, 2.45) is 0 Å². The van der Waals surface area contributed by atoms with E-state index in [0.717, 1.165) is 56.2 Å². The molecule has 1 aliphatic heterocycles. The van der Waals surface area contributed by atoms with Crippen molar-refractivity contribution in [2.75, 3.05) is 0 Å². The molecule has 0 saturated carbocycles. The minimum atomic E-state index is -1.58. The van der Waals surface area contributed by atoms with Crippen LogP contribution in [-0.2, 0) is 24.1 Å². The molecule has 2 aromatic heterocycles. The van der Waals surface area contributed by atoms with E-state index >= 15 is 0 Å². The second-order valence-corrected chi connectivity index (χ2v) is 8.70. The van der Waals surface area contributed by atoms with E-state index in [-0.39, 0.29) is 17.7 Å². The molecule has 14 nitrogen and oxygen atoms in total. The largest absolute Gasteiger partial charge is 0.388 e. The van der Waals surface area contributed by atoms with Gasteiger partial charge < -0.3 is 25.2 Å². The smallest absolute Gasteiger partial charge is 0.300 e. The summed E-state index contributed by atoms with van der Waals surface area (Å²) in [6.07, 6.45) is 1.07. The molecule has 1 aliphatic rings. The Labute approximate surface area is 199 Å². The van der Waals surface area contributed by atoms with Gasteiger partial charge in [-0.25, -0.2) is 9.31 Å². The highest BCUT2D eigenvalue weighted by molar-refractivity contribution is 5.85. The van der Waals surface area contributed by atoms with E-state index in [0.29, 0.717) is 5.52 Å². The van der Waals surface area contributed by atoms with Crippen molar-refractivity contribution in [3.05, 3.63) is 39.7 Å². The second-order valence-electron chi connectivity index (χ2n) is 8.70. The molecule has 3 aromatic rings. The van der Waals surface area contributed by atoms with Crippen molar-refractivity contribution < 1.29 is 34.7 Å². The summed E-state index contributed by atoms with van der Waals surface area (Å²) >= 11 is 0. The van der Waals surface area contributed by atoms with E-state index in [1.165, 1.54) is 10.7 Å². The number of aryl methyl sites for hydroxylation is 2. The zero-order valence-corrected chi connectivity index (χ0v) is 18.9. The molecule has 1 fully saturated rings. The van der Waals surface area contributed by atoms with Gasteiger partial charge in [0.1, 0.15) is 29.9 Å². The number of rotatable bonds is 11. The molecule has 0 aliphatic carbocycles. The number of hydrogen-bond donors (Lipinski definition) is 4. The number of ether oxygens (including phenoxy) is 1. The number of nitro benzene ring substituents is 1. The summed E-state index contributed by atoms with van der Waals surface area (Å²) in [6, 6.07) is 3.14. The number of benzene rings is 1. The molecule has 5 atom stereocenters. The summed E-state index contributed by atoms with van der Waals surface area (Å²) in [7, 11) is 0. The standard InChI is InChI=1S/C21H28N6O8/c28-18-15(34-21(31)20(30)19(18)29)11-26-10-13(22-25-26)7-5-3-1-2-4-6-12-8-9-14(27(32)33)17-16(12)23-35-24-17/h8-10,15,18-21,28-31H,1-7,11H2/t15-,18-,19+,20-,21?/m1/s1. The fourth-order valence-corrected chi connectivity index (χ4v) is 4.21. The minimum Gasteiger partial charge on any atom is -0.388 e. The van der Waals surface area contributed by atoms with Crippen LogP contribution in [0.15, 0.2) is 23.0 Å². The molecule has 0 amide bonds. The normalized spacial score (nSPS) is 24.7. The zero-order chi connectivity index (χ0) is 24.9. The lowest BCUT2D eigenvalue weighted by Gasteiger charge is -2.38. The van der Waals surface area contributed by atoms with Gasteiger partial charge in [-0.15, -0.1) is 5.10 Å². The van der Waals surface area contributed by atoms with E-state index in [2.05, 4.69) is 20.6 Å². The van der Waals surface area contributed by atoms with E-state index in [1.54, 1.807) is 12.3 Å². The van der Waals surface area contributed by atoms with Crippen LogP contribution >= 0.6 is 0 Å². The van der Waals surface area contributed by atoms with Crippen LogP contribution in [0.3, 0.4) is 0 Å². The number of nitro groups is 1. The Morgan fingerprint density at radius 2 is 1.66 bits per heavy atom. The molecule has 1 aromatic carbocycles. The minimum absolute atomic E-state index is 0.0754. The third-order valence-corrected chi connectivity index (χ3v) is 6.19. The van der Waals surface area contributed by atoms with Gasteiger partial charge in [0.15, 0.2) is 6.29 Å². The van der Waals surface area contributed by atoms with Gasteiger partial charge in [0.05, 0.1) is 17.2 Å². The van der Waals surface area contributed by atoms with E-state index in [9.17, 15) is 30.5 Å². The Morgan fingerprint density at radius 1 is 0.943 bits per heavy atom. The van der Waals surface area contributed by atoms with Gasteiger partial charge in [0.25, 0.3) is 0 Å². The topological polar surface area (TPSA) is 203 Å². The molecule has 4 rings (SSSR count). The third-order valence-electron chi connectivity index (χ3n) is 6.19. The average Bonchev–Trinajstić information content (AvgIpc) is 3.50. The molecule has 0 bridgehead atoms. The predicted molar refractivity (Wildman–Crippen MR) is 118 cm³/mol. The lowest BCUT2D eigenvalue weighted by atomic mass is 9.99. The van der Waals surface area contributed by atoms with Crippen molar-refractivity contribution >= 4 is 16.7 Å². The van der Waals surface area contributed by atoms with Crippen LogP contribution in [0.1, 0.15) is 43.4 Å². The summed E-state index contributed by atoms with van der Waals surface area (Å²) in [6.45, 7) is 0.0754. The maximum atomic E-state index is 11.1. The predicted octanol–water partition coefficient (Wildman–Crippen LogP) is 0.258. The summed E-state index contributed by atoms with van der Waals surface area (Å²) in [5, 5.41) is 65.7. The summed E-state index contributed by atoms with van der Waals surface area (Å²) in [4.78, 5) is 10.6. The fraction of sp³-hybridized carbons (Fsp3) is 0.619. The Balaban J connectivity index is 1.15. The monoisotopic (exact) mass is 492 g/mol. The number of hydrogen-bond acceptors (Lipinski definition) is 12. The molecule has 0 radical (unpaired) electrons. The number of nitrogens with zero attached hydrogens (tertiary/aromatic N) is 6. The molecule has 0 spiro atoms. The zero-order valence-electron chi connectivity index (χ0n) is 18.9.